The summed E-state index contributed by atoms with van der Waals surface area (Å²) in [6.07, 6.45) is 1.40. The first kappa shape index (κ1) is 11.0. The molecule has 1 aromatic rings. The van der Waals surface area contributed by atoms with Gasteiger partial charge in [0, 0.05) is 0 Å². The van der Waals surface area contributed by atoms with Crippen molar-refractivity contribution in [2.75, 3.05) is 7.11 Å². The van der Waals surface area contributed by atoms with Gasteiger partial charge in [-0.15, -0.1) is 0 Å². The summed E-state index contributed by atoms with van der Waals surface area (Å²) < 4.78 is 4.44. The van der Waals surface area contributed by atoms with Crippen LogP contribution in [0.25, 0.3) is 6.08 Å². The summed E-state index contributed by atoms with van der Waals surface area (Å²) in [7, 11) is 1.20. The van der Waals surface area contributed by atoms with Crippen LogP contribution in [0.15, 0.2) is 35.9 Å². The minimum Gasteiger partial charge on any atom is -0.465 e. The number of ether oxygens (including phenoxy) is 1. The van der Waals surface area contributed by atoms with Crippen molar-refractivity contribution in [2.24, 2.45) is 5.73 Å². The summed E-state index contributed by atoms with van der Waals surface area (Å²) >= 11 is 0. The molecule has 78 valence electrons. The van der Waals surface area contributed by atoms with Gasteiger partial charge in [0.1, 0.15) is 5.57 Å². The van der Waals surface area contributed by atoms with Crippen LogP contribution in [0.2, 0.25) is 0 Å². The summed E-state index contributed by atoms with van der Waals surface area (Å²) in [6, 6.07) is 8.93. The Morgan fingerprint density at radius 3 is 2.33 bits per heavy atom. The van der Waals surface area contributed by atoms with E-state index in [1.807, 2.05) is 6.07 Å². The lowest BCUT2D eigenvalue weighted by molar-refractivity contribution is -0.137. The van der Waals surface area contributed by atoms with Crippen LogP contribution in [0.1, 0.15) is 5.56 Å². The molecule has 0 unspecified atom stereocenters. The van der Waals surface area contributed by atoms with E-state index in [0.29, 0.717) is 0 Å². The third-order valence-electron chi connectivity index (χ3n) is 1.78. The maximum absolute atomic E-state index is 11.2. The Kier molecular flexibility index (Phi) is 3.62. The van der Waals surface area contributed by atoms with E-state index >= 15 is 0 Å². The first-order valence-electron chi connectivity index (χ1n) is 4.30. The average Bonchev–Trinajstić information content (AvgIpc) is 2.26. The molecule has 0 saturated heterocycles. The number of carbonyl (C=O) groups is 2. The summed E-state index contributed by atoms with van der Waals surface area (Å²) in [5.41, 5.74) is 5.61. The van der Waals surface area contributed by atoms with E-state index in [2.05, 4.69) is 4.74 Å². The van der Waals surface area contributed by atoms with Crippen molar-refractivity contribution in [2.45, 2.75) is 0 Å². The molecule has 0 saturated carbocycles. The molecule has 0 radical (unpaired) electrons. The van der Waals surface area contributed by atoms with Gasteiger partial charge >= 0.3 is 5.97 Å². The Labute approximate surface area is 87.3 Å². The molecular weight excluding hydrogens is 194 g/mol. The lowest BCUT2D eigenvalue weighted by atomic mass is 10.1. The van der Waals surface area contributed by atoms with Crippen LogP contribution < -0.4 is 5.73 Å². The normalized spacial score (nSPS) is 10.9. The molecule has 0 aromatic heterocycles. The molecule has 0 aliphatic carbocycles. The summed E-state index contributed by atoms with van der Waals surface area (Å²) in [5, 5.41) is 0. The third-order valence-corrected chi connectivity index (χ3v) is 1.78. The van der Waals surface area contributed by atoms with Crippen molar-refractivity contribution in [3.63, 3.8) is 0 Å². The maximum Gasteiger partial charge on any atom is 0.343 e. The van der Waals surface area contributed by atoms with Crippen molar-refractivity contribution in [3.05, 3.63) is 41.5 Å². The Balaban J connectivity index is 3.05. The summed E-state index contributed by atoms with van der Waals surface area (Å²) in [5.74, 6) is -1.53. The minimum atomic E-state index is -0.800. The number of amides is 1. The van der Waals surface area contributed by atoms with E-state index in [4.69, 9.17) is 5.73 Å². The van der Waals surface area contributed by atoms with Crippen LogP contribution in [-0.2, 0) is 14.3 Å². The number of hydrogen-bond acceptors (Lipinski definition) is 3. The van der Waals surface area contributed by atoms with E-state index in [9.17, 15) is 9.59 Å². The molecule has 1 rings (SSSR count). The van der Waals surface area contributed by atoms with Crippen molar-refractivity contribution in [1.29, 1.82) is 0 Å². The van der Waals surface area contributed by atoms with Crippen LogP contribution in [-0.4, -0.2) is 19.0 Å². The zero-order valence-corrected chi connectivity index (χ0v) is 8.27. The number of rotatable bonds is 3. The van der Waals surface area contributed by atoms with E-state index in [1.165, 1.54) is 13.2 Å². The quantitative estimate of drug-likeness (QED) is 0.342. The highest BCUT2D eigenvalue weighted by atomic mass is 16.5. The Hall–Kier alpha value is -2.10. The van der Waals surface area contributed by atoms with E-state index < -0.39 is 11.9 Å². The molecule has 0 atom stereocenters. The number of nitrogens with two attached hydrogens (primary N) is 1. The largest absolute Gasteiger partial charge is 0.465 e. The van der Waals surface area contributed by atoms with E-state index in [-0.39, 0.29) is 5.57 Å². The molecule has 2 N–H and O–H groups in total. The first-order chi connectivity index (χ1) is 7.15. The smallest absolute Gasteiger partial charge is 0.343 e. The van der Waals surface area contributed by atoms with Gasteiger partial charge in [-0.25, -0.2) is 4.79 Å². The highest BCUT2D eigenvalue weighted by Crippen LogP contribution is 2.07. The highest BCUT2D eigenvalue weighted by molar-refractivity contribution is 6.19. The molecular formula is C11H11NO3. The van der Waals surface area contributed by atoms with Gasteiger partial charge < -0.3 is 10.5 Å². The Morgan fingerprint density at radius 2 is 1.87 bits per heavy atom. The van der Waals surface area contributed by atoms with Crippen molar-refractivity contribution in [1.82, 2.24) is 0 Å². The fourth-order valence-corrected chi connectivity index (χ4v) is 1.06. The number of benzene rings is 1. The molecule has 0 fully saturated rings. The standard InChI is InChI=1S/C11H11NO3/c1-15-11(14)9(10(12)13)7-8-5-3-2-4-6-8/h2-7H,1H3,(H2,12,13)/b9-7+. The van der Waals surface area contributed by atoms with Crippen molar-refractivity contribution in [3.8, 4) is 0 Å². The van der Waals surface area contributed by atoms with E-state index in [1.54, 1.807) is 24.3 Å². The molecule has 1 amide bonds. The fourth-order valence-electron chi connectivity index (χ4n) is 1.06. The molecule has 4 heteroatoms. The molecule has 0 aliphatic rings. The molecule has 0 spiro atoms. The summed E-state index contributed by atoms with van der Waals surface area (Å²) in [4.78, 5) is 22.1. The topological polar surface area (TPSA) is 69.4 Å². The van der Waals surface area contributed by atoms with Crippen molar-refractivity contribution >= 4 is 18.0 Å². The van der Waals surface area contributed by atoms with Gasteiger partial charge in [-0.3, -0.25) is 4.79 Å². The molecule has 0 bridgehead atoms. The minimum absolute atomic E-state index is 0.163. The van der Waals surface area contributed by atoms with Gasteiger partial charge in [0.2, 0.25) is 0 Å². The molecule has 4 nitrogen and oxygen atoms in total. The lowest BCUT2D eigenvalue weighted by Gasteiger charge is -2.00. The lowest BCUT2D eigenvalue weighted by Crippen LogP contribution is -2.21. The van der Waals surface area contributed by atoms with Gasteiger partial charge in [-0.2, -0.15) is 0 Å². The van der Waals surface area contributed by atoms with Crippen LogP contribution >= 0.6 is 0 Å². The van der Waals surface area contributed by atoms with Gasteiger partial charge in [0.15, 0.2) is 0 Å². The number of hydrogen-bond donors (Lipinski definition) is 1. The number of esters is 1. The molecule has 15 heavy (non-hydrogen) atoms. The number of primary amides is 1. The second kappa shape index (κ2) is 4.95. The predicted octanol–water partition coefficient (Wildman–Crippen LogP) is 0.728. The fraction of sp³-hybridized carbons (Fsp3) is 0.0909. The van der Waals surface area contributed by atoms with Gasteiger partial charge in [0.25, 0.3) is 5.91 Å². The highest BCUT2D eigenvalue weighted by Gasteiger charge is 2.15. The zero-order chi connectivity index (χ0) is 11.3. The maximum atomic E-state index is 11.2. The second-order valence-electron chi connectivity index (χ2n) is 2.82. The van der Waals surface area contributed by atoms with Crippen molar-refractivity contribution < 1.29 is 14.3 Å². The monoisotopic (exact) mass is 205 g/mol. The van der Waals surface area contributed by atoms with Gasteiger partial charge in [-0.1, -0.05) is 30.3 Å². The second-order valence-corrected chi connectivity index (χ2v) is 2.82. The van der Waals surface area contributed by atoms with Crippen LogP contribution in [0, 0.1) is 0 Å². The van der Waals surface area contributed by atoms with Gasteiger partial charge in [0.05, 0.1) is 7.11 Å². The predicted molar refractivity (Wildman–Crippen MR) is 55.6 cm³/mol. The molecule has 0 heterocycles. The van der Waals surface area contributed by atoms with E-state index in [0.717, 1.165) is 5.56 Å². The van der Waals surface area contributed by atoms with Gasteiger partial charge in [-0.05, 0) is 11.6 Å². The van der Waals surface area contributed by atoms with Crippen LogP contribution in [0.3, 0.4) is 0 Å². The number of methoxy groups -OCH3 is 1. The van der Waals surface area contributed by atoms with Crippen LogP contribution in [0.4, 0.5) is 0 Å². The molecule has 0 aliphatic heterocycles. The number of carbonyl (C=O) groups excluding carboxylic acids is 2. The first-order valence-corrected chi connectivity index (χ1v) is 4.30. The Bertz CT molecular complexity index is 396. The zero-order valence-electron chi connectivity index (χ0n) is 8.27. The summed E-state index contributed by atoms with van der Waals surface area (Å²) in [6.45, 7) is 0. The SMILES string of the molecule is COC(=O)/C(=C/c1ccccc1)C(N)=O. The average molecular weight is 205 g/mol. The third kappa shape index (κ3) is 2.95. The Morgan fingerprint density at radius 1 is 1.27 bits per heavy atom. The van der Waals surface area contributed by atoms with Crippen LogP contribution in [0.5, 0.6) is 0 Å². The molecule has 1 aromatic carbocycles.